The molecule has 1 aromatic rings. The van der Waals surface area contributed by atoms with Crippen LogP contribution in [-0.2, 0) is 0 Å². The van der Waals surface area contributed by atoms with Crippen LogP contribution in [0.5, 0.6) is 5.75 Å². The van der Waals surface area contributed by atoms with Crippen LogP contribution < -0.4 is 15.0 Å². The molecule has 0 radical (unpaired) electrons. The zero-order valence-corrected chi connectivity index (χ0v) is 12.2. The Kier molecular flexibility index (Phi) is 3.83. The normalized spacial score (nSPS) is 29.4. The molecule has 2 fully saturated rings. The van der Waals surface area contributed by atoms with Gasteiger partial charge in [0.1, 0.15) is 0 Å². The number of rotatable bonds is 3. The van der Waals surface area contributed by atoms with Crippen molar-refractivity contribution >= 4 is 5.69 Å². The molecule has 2 atom stereocenters. The number of methoxy groups -OCH3 is 1. The second-order valence-electron chi connectivity index (χ2n) is 5.92. The molecule has 0 aromatic heterocycles. The molecule has 110 valence electrons. The second-order valence-corrected chi connectivity index (χ2v) is 5.92. The van der Waals surface area contributed by atoms with E-state index < -0.39 is 0 Å². The van der Waals surface area contributed by atoms with Crippen molar-refractivity contribution in [3.63, 3.8) is 0 Å². The van der Waals surface area contributed by atoms with Crippen molar-refractivity contribution in [3.05, 3.63) is 24.0 Å². The van der Waals surface area contributed by atoms with Crippen LogP contribution in [0.4, 0.5) is 10.1 Å². The maximum Gasteiger partial charge on any atom is 0.165 e. The molecular weight excluding hydrogens is 255 g/mol. The van der Waals surface area contributed by atoms with Gasteiger partial charge >= 0.3 is 0 Å². The average molecular weight is 278 g/mol. The van der Waals surface area contributed by atoms with Crippen molar-refractivity contribution in [2.75, 3.05) is 19.1 Å². The number of nitrogens with zero attached hydrogens (tertiary/aromatic N) is 1. The van der Waals surface area contributed by atoms with Gasteiger partial charge in [-0.05, 0) is 51.3 Å². The van der Waals surface area contributed by atoms with Crippen LogP contribution in [-0.4, -0.2) is 32.3 Å². The Morgan fingerprint density at radius 2 is 1.95 bits per heavy atom. The molecule has 1 aromatic carbocycles. The van der Waals surface area contributed by atoms with Crippen LogP contribution in [0, 0.1) is 5.82 Å². The summed E-state index contributed by atoms with van der Waals surface area (Å²) in [5.74, 6) is 0.0582. The van der Waals surface area contributed by atoms with Crippen molar-refractivity contribution in [3.8, 4) is 5.75 Å². The molecule has 2 bridgehead atoms. The van der Waals surface area contributed by atoms with E-state index in [1.807, 2.05) is 12.1 Å². The fraction of sp³-hybridized carbons (Fsp3) is 0.625. The molecule has 2 heterocycles. The Morgan fingerprint density at radius 1 is 1.25 bits per heavy atom. The van der Waals surface area contributed by atoms with E-state index in [4.69, 9.17) is 4.74 Å². The highest BCUT2D eigenvalue weighted by atomic mass is 19.1. The van der Waals surface area contributed by atoms with Crippen LogP contribution in [0.1, 0.15) is 32.1 Å². The molecule has 0 aliphatic carbocycles. The number of anilines is 1. The van der Waals surface area contributed by atoms with E-state index >= 15 is 0 Å². The van der Waals surface area contributed by atoms with E-state index in [9.17, 15) is 4.39 Å². The van der Waals surface area contributed by atoms with Crippen LogP contribution in [0.3, 0.4) is 0 Å². The fourth-order valence-electron chi connectivity index (χ4n) is 3.85. The predicted molar refractivity (Wildman–Crippen MR) is 78.9 cm³/mol. The molecule has 0 amide bonds. The van der Waals surface area contributed by atoms with Crippen LogP contribution >= 0.6 is 0 Å². The third kappa shape index (κ3) is 2.37. The first-order valence-corrected chi connectivity index (χ1v) is 7.52. The van der Waals surface area contributed by atoms with E-state index in [2.05, 4.69) is 17.3 Å². The fourth-order valence-corrected chi connectivity index (χ4v) is 3.85. The van der Waals surface area contributed by atoms with Gasteiger partial charge in [-0.2, -0.15) is 0 Å². The Bertz CT molecular complexity index is 466. The molecule has 20 heavy (non-hydrogen) atoms. The minimum absolute atomic E-state index is 0.286. The van der Waals surface area contributed by atoms with E-state index in [-0.39, 0.29) is 5.82 Å². The summed E-state index contributed by atoms with van der Waals surface area (Å²) in [5, 5.41) is 3.42. The van der Waals surface area contributed by atoms with Gasteiger partial charge in [0.15, 0.2) is 11.6 Å². The first-order valence-electron chi connectivity index (χ1n) is 7.52. The quantitative estimate of drug-likeness (QED) is 0.920. The molecule has 2 aliphatic heterocycles. The SMILES string of the molecule is CNC1CC2CCCC(C1)N2c1ccc(F)c(OC)c1. The molecular formula is C16H23FN2O. The summed E-state index contributed by atoms with van der Waals surface area (Å²) in [4.78, 5) is 2.50. The summed E-state index contributed by atoms with van der Waals surface area (Å²) in [5.41, 5.74) is 1.10. The zero-order chi connectivity index (χ0) is 14.1. The van der Waals surface area contributed by atoms with E-state index in [1.165, 1.54) is 45.3 Å². The van der Waals surface area contributed by atoms with Gasteiger partial charge in [0.05, 0.1) is 7.11 Å². The topological polar surface area (TPSA) is 24.5 Å². The third-order valence-electron chi connectivity index (χ3n) is 4.82. The first-order chi connectivity index (χ1) is 9.72. The van der Waals surface area contributed by atoms with Crippen molar-refractivity contribution in [2.24, 2.45) is 0 Å². The van der Waals surface area contributed by atoms with E-state index in [0.29, 0.717) is 23.9 Å². The Morgan fingerprint density at radius 3 is 2.55 bits per heavy atom. The summed E-state index contributed by atoms with van der Waals surface area (Å²) in [6.07, 6.45) is 6.11. The largest absolute Gasteiger partial charge is 0.494 e. The van der Waals surface area contributed by atoms with Crippen molar-refractivity contribution < 1.29 is 9.13 Å². The summed E-state index contributed by atoms with van der Waals surface area (Å²) in [6, 6.07) is 7.01. The highest BCUT2D eigenvalue weighted by molar-refractivity contribution is 5.54. The summed E-state index contributed by atoms with van der Waals surface area (Å²) in [6.45, 7) is 0. The molecule has 2 unspecified atom stereocenters. The van der Waals surface area contributed by atoms with Gasteiger partial charge in [0.25, 0.3) is 0 Å². The summed E-state index contributed by atoms with van der Waals surface area (Å²) >= 11 is 0. The smallest absolute Gasteiger partial charge is 0.165 e. The predicted octanol–water partition coefficient (Wildman–Crippen LogP) is 2.94. The molecule has 3 rings (SSSR count). The van der Waals surface area contributed by atoms with Gasteiger partial charge in [-0.25, -0.2) is 4.39 Å². The summed E-state index contributed by atoms with van der Waals surface area (Å²) < 4.78 is 18.7. The van der Waals surface area contributed by atoms with Gasteiger partial charge in [0.2, 0.25) is 0 Å². The van der Waals surface area contributed by atoms with Gasteiger partial charge in [-0.1, -0.05) is 0 Å². The highest BCUT2D eigenvalue weighted by Crippen LogP contribution is 2.39. The van der Waals surface area contributed by atoms with Gasteiger partial charge < -0.3 is 15.0 Å². The van der Waals surface area contributed by atoms with Gasteiger partial charge in [0, 0.05) is 29.9 Å². The molecule has 0 saturated carbocycles. The average Bonchev–Trinajstić information content (AvgIpc) is 2.46. The first kappa shape index (κ1) is 13.7. The maximum atomic E-state index is 13.6. The van der Waals surface area contributed by atoms with Crippen LogP contribution in [0.25, 0.3) is 0 Å². The molecule has 2 saturated heterocycles. The Hall–Kier alpha value is -1.29. The Labute approximate surface area is 120 Å². The second kappa shape index (κ2) is 5.60. The molecule has 1 N–H and O–H groups in total. The zero-order valence-electron chi connectivity index (χ0n) is 12.2. The van der Waals surface area contributed by atoms with Gasteiger partial charge in [-0.3, -0.25) is 0 Å². The number of hydrogen-bond acceptors (Lipinski definition) is 3. The van der Waals surface area contributed by atoms with Crippen LogP contribution in [0.15, 0.2) is 18.2 Å². The Balaban J connectivity index is 1.89. The molecule has 0 spiro atoms. The third-order valence-corrected chi connectivity index (χ3v) is 4.82. The maximum absolute atomic E-state index is 13.6. The van der Waals surface area contributed by atoms with Crippen molar-refractivity contribution in [1.82, 2.24) is 5.32 Å². The molecule has 2 aliphatic rings. The number of piperidine rings is 2. The molecule has 4 heteroatoms. The minimum atomic E-state index is -0.286. The summed E-state index contributed by atoms with van der Waals surface area (Å²) in [7, 11) is 3.58. The van der Waals surface area contributed by atoms with Gasteiger partial charge in [-0.15, -0.1) is 0 Å². The monoisotopic (exact) mass is 278 g/mol. The standard InChI is InChI=1S/C16H23FN2O/c1-18-11-8-12-4-3-5-13(9-11)19(12)14-6-7-15(17)16(10-14)20-2/h6-7,10-13,18H,3-5,8-9H2,1-2H3. The molecule has 3 nitrogen and oxygen atoms in total. The lowest BCUT2D eigenvalue weighted by Crippen LogP contribution is -2.56. The van der Waals surface area contributed by atoms with Crippen LogP contribution in [0.2, 0.25) is 0 Å². The number of nitrogens with one attached hydrogen (secondary N) is 1. The number of fused-ring (bicyclic) bond motifs is 2. The lowest BCUT2D eigenvalue weighted by atomic mass is 9.81. The number of hydrogen-bond donors (Lipinski definition) is 1. The van der Waals surface area contributed by atoms with Crippen molar-refractivity contribution in [2.45, 2.75) is 50.2 Å². The van der Waals surface area contributed by atoms with E-state index in [0.717, 1.165) is 5.69 Å². The number of ether oxygens (including phenoxy) is 1. The van der Waals surface area contributed by atoms with Crippen molar-refractivity contribution in [1.29, 1.82) is 0 Å². The number of benzene rings is 1. The lowest BCUT2D eigenvalue weighted by Gasteiger charge is -2.50. The number of halogens is 1. The highest BCUT2D eigenvalue weighted by Gasteiger charge is 2.37. The lowest BCUT2D eigenvalue weighted by molar-refractivity contribution is 0.252. The minimum Gasteiger partial charge on any atom is -0.494 e. The van der Waals surface area contributed by atoms with E-state index in [1.54, 1.807) is 0 Å².